The lowest BCUT2D eigenvalue weighted by Crippen LogP contribution is -2.33. The Hall–Kier alpha value is -0.0800. The van der Waals surface area contributed by atoms with E-state index in [0.717, 1.165) is 12.5 Å². The number of nitrogens with one attached hydrogen (secondary N) is 1. The number of rotatable bonds is 6. The minimum Gasteiger partial charge on any atom is -0.316 e. The first kappa shape index (κ1) is 13.0. The molecule has 0 amide bonds. The van der Waals surface area contributed by atoms with Gasteiger partial charge in [-0.3, -0.25) is 0 Å². The van der Waals surface area contributed by atoms with Crippen LogP contribution in [-0.4, -0.2) is 37.6 Å². The Balaban J connectivity index is 2.13. The van der Waals surface area contributed by atoms with Crippen molar-refractivity contribution in [3.63, 3.8) is 0 Å². The highest BCUT2D eigenvalue weighted by atomic mass is 15.2. The van der Waals surface area contributed by atoms with Gasteiger partial charge in [-0.25, -0.2) is 0 Å². The van der Waals surface area contributed by atoms with Crippen LogP contribution in [-0.2, 0) is 0 Å². The molecule has 2 heteroatoms. The summed E-state index contributed by atoms with van der Waals surface area (Å²) in [4.78, 5) is 2.62. The Morgan fingerprint density at radius 1 is 1.40 bits per heavy atom. The summed E-state index contributed by atoms with van der Waals surface area (Å²) in [7, 11) is 0. The van der Waals surface area contributed by atoms with E-state index in [2.05, 4.69) is 37.9 Å². The summed E-state index contributed by atoms with van der Waals surface area (Å²) in [6, 6.07) is 0. The van der Waals surface area contributed by atoms with Gasteiger partial charge in [-0.15, -0.1) is 0 Å². The van der Waals surface area contributed by atoms with Gasteiger partial charge in [-0.05, 0) is 43.8 Å². The molecule has 0 aromatic heterocycles. The normalized spacial score (nSPS) is 23.2. The molecule has 2 nitrogen and oxygen atoms in total. The van der Waals surface area contributed by atoms with Gasteiger partial charge in [0.2, 0.25) is 0 Å². The Bertz CT molecular complexity index is 177. The maximum atomic E-state index is 3.50. The molecule has 0 aromatic carbocycles. The SMILES string of the molecule is CCCNCC(C)CN1CCC(C)(C)C1. The first-order valence-electron chi connectivity index (χ1n) is 6.46. The summed E-state index contributed by atoms with van der Waals surface area (Å²) < 4.78 is 0. The molecule has 0 aliphatic carbocycles. The number of likely N-dealkylation sites (tertiary alicyclic amines) is 1. The Kier molecular flexibility index (Phi) is 5.07. The Morgan fingerprint density at radius 2 is 2.13 bits per heavy atom. The van der Waals surface area contributed by atoms with Crippen molar-refractivity contribution in [1.29, 1.82) is 0 Å². The van der Waals surface area contributed by atoms with Gasteiger partial charge in [-0.1, -0.05) is 27.7 Å². The van der Waals surface area contributed by atoms with E-state index in [9.17, 15) is 0 Å². The van der Waals surface area contributed by atoms with Crippen molar-refractivity contribution in [2.24, 2.45) is 11.3 Å². The molecule has 0 bridgehead atoms. The van der Waals surface area contributed by atoms with E-state index in [1.807, 2.05) is 0 Å². The van der Waals surface area contributed by atoms with Crippen LogP contribution in [0.25, 0.3) is 0 Å². The lowest BCUT2D eigenvalue weighted by molar-refractivity contribution is 0.253. The van der Waals surface area contributed by atoms with Gasteiger partial charge in [0.25, 0.3) is 0 Å². The minimum atomic E-state index is 0.552. The molecule has 1 aliphatic rings. The van der Waals surface area contributed by atoms with Crippen molar-refractivity contribution in [3.8, 4) is 0 Å². The van der Waals surface area contributed by atoms with E-state index in [1.54, 1.807) is 0 Å². The van der Waals surface area contributed by atoms with Crippen molar-refractivity contribution in [2.75, 3.05) is 32.7 Å². The van der Waals surface area contributed by atoms with Crippen molar-refractivity contribution in [2.45, 2.75) is 40.5 Å². The number of hydrogen-bond donors (Lipinski definition) is 1. The van der Waals surface area contributed by atoms with Crippen molar-refractivity contribution >= 4 is 0 Å². The van der Waals surface area contributed by atoms with Crippen LogP contribution in [0, 0.1) is 11.3 Å². The van der Waals surface area contributed by atoms with Crippen LogP contribution in [0.1, 0.15) is 40.5 Å². The van der Waals surface area contributed by atoms with E-state index < -0.39 is 0 Å². The molecule has 1 heterocycles. The number of hydrogen-bond acceptors (Lipinski definition) is 2. The van der Waals surface area contributed by atoms with Crippen LogP contribution >= 0.6 is 0 Å². The van der Waals surface area contributed by atoms with Gasteiger partial charge in [0.15, 0.2) is 0 Å². The third kappa shape index (κ3) is 4.98. The molecular formula is C13H28N2. The minimum absolute atomic E-state index is 0.552. The Morgan fingerprint density at radius 3 is 2.67 bits per heavy atom. The quantitative estimate of drug-likeness (QED) is 0.680. The zero-order valence-corrected chi connectivity index (χ0v) is 11.0. The number of nitrogens with zero attached hydrogens (tertiary/aromatic N) is 1. The van der Waals surface area contributed by atoms with E-state index in [1.165, 1.54) is 39.0 Å². The van der Waals surface area contributed by atoms with E-state index in [0.29, 0.717) is 5.41 Å². The molecule has 0 spiro atoms. The first-order chi connectivity index (χ1) is 7.03. The van der Waals surface area contributed by atoms with Crippen molar-refractivity contribution in [3.05, 3.63) is 0 Å². The van der Waals surface area contributed by atoms with Crippen LogP contribution in [0.15, 0.2) is 0 Å². The van der Waals surface area contributed by atoms with Crippen molar-refractivity contribution in [1.82, 2.24) is 10.2 Å². The summed E-state index contributed by atoms with van der Waals surface area (Å²) >= 11 is 0. The predicted octanol–water partition coefficient (Wildman–Crippen LogP) is 2.35. The summed E-state index contributed by atoms with van der Waals surface area (Å²) in [6.45, 7) is 15.5. The summed E-state index contributed by atoms with van der Waals surface area (Å²) in [5.41, 5.74) is 0.552. The van der Waals surface area contributed by atoms with Crippen molar-refractivity contribution < 1.29 is 0 Å². The van der Waals surface area contributed by atoms with Gasteiger partial charge >= 0.3 is 0 Å². The molecule has 0 radical (unpaired) electrons. The molecule has 1 fully saturated rings. The lowest BCUT2D eigenvalue weighted by Gasteiger charge is -2.23. The lowest BCUT2D eigenvalue weighted by atomic mass is 9.93. The molecule has 1 N–H and O–H groups in total. The molecule has 1 rings (SSSR count). The van der Waals surface area contributed by atoms with Gasteiger partial charge < -0.3 is 10.2 Å². The molecular weight excluding hydrogens is 184 g/mol. The van der Waals surface area contributed by atoms with Crippen LogP contribution in [0.2, 0.25) is 0 Å². The fourth-order valence-electron chi connectivity index (χ4n) is 2.41. The van der Waals surface area contributed by atoms with Crippen LogP contribution < -0.4 is 5.32 Å². The average molecular weight is 212 g/mol. The third-order valence-corrected chi connectivity index (χ3v) is 3.25. The highest BCUT2D eigenvalue weighted by molar-refractivity contribution is 4.83. The van der Waals surface area contributed by atoms with Crippen LogP contribution in [0.5, 0.6) is 0 Å². The molecule has 1 saturated heterocycles. The summed E-state index contributed by atoms with van der Waals surface area (Å²) in [5.74, 6) is 0.783. The summed E-state index contributed by atoms with van der Waals surface area (Å²) in [5, 5.41) is 3.50. The standard InChI is InChI=1S/C13H28N2/c1-5-7-14-9-12(2)10-15-8-6-13(3,4)11-15/h12,14H,5-11H2,1-4H3. The largest absolute Gasteiger partial charge is 0.316 e. The van der Waals surface area contributed by atoms with Gasteiger partial charge in [-0.2, -0.15) is 0 Å². The fourth-order valence-corrected chi connectivity index (χ4v) is 2.41. The highest BCUT2D eigenvalue weighted by Crippen LogP contribution is 2.28. The molecule has 1 aliphatic heterocycles. The molecule has 1 atom stereocenters. The predicted molar refractivity (Wildman–Crippen MR) is 67.2 cm³/mol. The molecule has 1 unspecified atom stereocenters. The average Bonchev–Trinajstić information content (AvgIpc) is 2.46. The van der Waals surface area contributed by atoms with Gasteiger partial charge in [0.05, 0.1) is 0 Å². The third-order valence-electron chi connectivity index (χ3n) is 3.25. The van der Waals surface area contributed by atoms with E-state index in [4.69, 9.17) is 0 Å². The zero-order chi connectivity index (χ0) is 11.3. The molecule has 0 aromatic rings. The maximum absolute atomic E-state index is 3.50. The molecule has 0 saturated carbocycles. The topological polar surface area (TPSA) is 15.3 Å². The molecule has 15 heavy (non-hydrogen) atoms. The van der Waals surface area contributed by atoms with E-state index >= 15 is 0 Å². The Labute approximate surface area is 95.4 Å². The van der Waals surface area contributed by atoms with E-state index in [-0.39, 0.29) is 0 Å². The monoisotopic (exact) mass is 212 g/mol. The maximum Gasteiger partial charge on any atom is 0.00333 e. The van der Waals surface area contributed by atoms with Gasteiger partial charge in [0.1, 0.15) is 0 Å². The first-order valence-corrected chi connectivity index (χ1v) is 6.46. The van der Waals surface area contributed by atoms with Crippen LogP contribution in [0.4, 0.5) is 0 Å². The smallest absolute Gasteiger partial charge is 0.00333 e. The second kappa shape index (κ2) is 5.86. The summed E-state index contributed by atoms with van der Waals surface area (Å²) in [6.07, 6.45) is 2.60. The second-order valence-electron chi connectivity index (χ2n) is 5.96. The molecule has 90 valence electrons. The highest BCUT2D eigenvalue weighted by Gasteiger charge is 2.29. The van der Waals surface area contributed by atoms with Gasteiger partial charge in [0, 0.05) is 13.1 Å². The zero-order valence-electron chi connectivity index (χ0n) is 11.0. The van der Waals surface area contributed by atoms with Crippen LogP contribution in [0.3, 0.4) is 0 Å². The fraction of sp³-hybridized carbons (Fsp3) is 1.00. The second-order valence-corrected chi connectivity index (χ2v) is 5.96.